The Morgan fingerprint density at radius 1 is 1.12 bits per heavy atom. The van der Waals surface area contributed by atoms with Gasteiger partial charge in [0.25, 0.3) is 0 Å². The Kier molecular flexibility index (Phi) is 4.81. The van der Waals surface area contributed by atoms with Crippen molar-refractivity contribution in [3.8, 4) is 17.1 Å². The van der Waals surface area contributed by atoms with Gasteiger partial charge in [-0.2, -0.15) is 4.80 Å². The Morgan fingerprint density at radius 2 is 1.88 bits per heavy atom. The van der Waals surface area contributed by atoms with Crippen LogP contribution in [-0.2, 0) is 17.9 Å². The van der Waals surface area contributed by atoms with Crippen molar-refractivity contribution in [3.63, 3.8) is 0 Å². The van der Waals surface area contributed by atoms with Gasteiger partial charge in [-0.15, -0.1) is 10.2 Å². The molecule has 7 heteroatoms. The molecule has 0 unspecified atom stereocenters. The molecule has 3 rings (SSSR count). The molecule has 3 aromatic rings. The lowest BCUT2D eigenvalue weighted by Gasteiger charge is -2.09. The van der Waals surface area contributed by atoms with E-state index in [4.69, 9.17) is 4.74 Å². The molecule has 7 nitrogen and oxygen atoms in total. The topological polar surface area (TPSA) is 81.9 Å². The molecule has 0 spiro atoms. The highest BCUT2D eigenvalue weighted by atomic mass is 16.5. The maximum absolute atomic E-state index is 12.1. The molecule has 2 aromatic carbocycles. The largest absolute Gasteiger partial charge is 0.496 e. The van der Waals surface area contributed by atoms with Crippen molar-refractivity contribution in [2.75, 3.05) is 7.11 Å². The van der Waals surface area contributed by atoms with Crippen LogP contribution in [0.3, 0.4) is 0 Å². The van der Waals surface area contributed by atoms with Crippen molar-refractivity contribution in [2.24, 2.45) is 0 Å². The third-order valence-electron chi connectivity index (χ3n) is 3.44. The molecule has 122 valence electrons. The summed E-state index contributed by atoms with van der Waals surface area (Å²) >= 11 is 0. The molecule has 0 bridgehead atoms. The van der Waals surface area contributed by atoms with Gasteiger partial charge in [0.15, 0.2) is 0 Å². The SMILES string of the molecule is COc1ccccc1CNC(=O)Cn1nnc(-c2ccccc2)n1. The summed E-state index contributed by atoms with van der Waals surface area (Å²) < 4.78 is 5.26. The summed E-state index contributed by atoms with van der Waals surface area (Å²) in [6.45, 7) is 0.387. The number of nitrogens with one attached hydrogen (secondary N) is 1. The third-order valence-corrected chi connectivity index (χ3v) is 3.44. The zero-order valence-corrected chi connectivity index (χ0v) is 13.2. The van der Waals surface area contributed by atoms with E-state index in [-0.39, 0.29) is 12.5 Å². The molecule has 0 atom stereocenters. The van der Waals surface area contributed by atoms with Crippen LogP contribution in [0.2, 0.25) is 0 Å². The smallest absolute Gasteiger partial charge is 0.243 e. The number of ether oxygens (including phenoxy) is 1. The monoisotopic (exact) mass is 323 g/mol. The number of carbonyl (C=O) groups excluding carboxylic acids is 1. The number of amides is 1. The first-order valence-electron chi connectivity index (χ1n) is 7.48. The van der Waals surface area contributed by atoms with Crippen molar-refractivity contribution in [2.45, 2.75) is 13.1 Å². The van der Waals surface area contributed by atoms with Gasteiger partial charge >= 0.3 is 0 Å². The number of aromatic nitrogens is 4. The summed E-state index contributed by atoms with van der Waals surface area (Å²) in [6, 6.07) is 17.0. The minimum atomic E-state index is -0.196. The van der Waals surface area contributed by atoms with Crippen LogP contribution < -0.4 is 10.1 Å². The molecule has 0 radical (unpaired) electrons. The highest BCUT2D eigenvalue weighted by Gasteiger charge is 2.10. The quantitative estimate of drug-likeness (QED) is 0.746. The zero-order valence-electron chi connectivity index (χ0n) is 13.2. The molecule has 24 heavy (non-hydrogen) atoms. The van der Waals surface area contributed by atoms with Gasteiger partial charge < -0.3 is 10.1 Å². The Morgan fingerprint density at radius 3 is 2.67 bits per heavy atom. The molecule has 1 N–H and O–H groups in total. The van der Waals surface area contributed by atoms with Gasteiger partial charge in [0.2, 0.25) is 11.7 Å². The van der Waals surface area contributed by atoms with Crippen LogP contribution >= 0.6 is 0 Å². The summed E-state index contributed by atoms with van der Waals surface area (Å²) in [5.74, 6) is 1.04. The average Bonchev–Trinajstić information content (AvgIpc) is 3.09. The summed E-state index contributed by atoms with van der Waals surface area (Å²) in [5, 5.41) is 14.9. The number of hydrogen-bond donors (Lipinski definition) is 1. The Labute approximate surface area is 139 Å². The van der Waals surface area contributed by atoms with Crippen molar-refractivity contribution >= 4 is 5.91 Å². The van der Waals surface area contributed by atoms with Gasteiger partial charge in [-0.3, -0.25) is 4.79 Å². The molecular weight excluding hydrogens is 306 g/mol. The predicted octanol–water partition coefficient (Wildman–Crippen LogP) is 1.67. The van der Waals surface area contributed by atoms with Crippen LogP contribution in [0.4, 0.5) is 0 Å². The molecule has 1 amide bonds. The number of methoxy groups -OCH3 is 1. The van der Waals surface area contributed by atoms with Crippen molar-refractivity contribution in [1.82, 2.24) is 25.5 Å². The first-order valence-corrected chi connectivity index (χ1v) is 7.48. The molecule has 1 aromatic heterocycles. The number of para-hydroxylation sites is 1. The first kappa shape index (κ1) is 15.7. The van der Waals surface area contributed by atoms with Crippen LogP contribution in [0, 0.1) is 0 Å². The predicted molar refractivity (Wildman–Crippen MR) is 88.1 cm³/mol. The second kappa shape index (κ2) is 7.36. The minimum absolute atomic E-state index is 0.00891. The lowest BCUT2D eigenvalue weighted by atomic mass is 10.2. The second-order valence-corrected chi connectivity index (χ2v) is 5.10. The average molecular weight is 323 g/mol. The molecular formula is C17H17N5O2. The van der Waals surface area contributed by atoms with Gasteiger partial charge in [-0.25, -0.2) is 0 Å². The van der Waals surface area contributed by atoms with Crippen molar-refractivity contribution < 1.29 is 9.53 Å². The molecule has 0 aliphatic heterocycles. The number of benzene rings is 2. The number of carbonyl (C=O) groups is 1. The van der Waals surface area contributed by atoms with Gasteiger partial charge in [0, 0.05) is 17.7 Å². The van der Waals surface area contributed by atoms with Crippen LogP contribution in [0.1, 0.15) is 5.56 Å². The van der Waals surface area contributed by atoms with Gasteiger partial charge in [0.05, 0.1) is 7.11 Å². The van der Waals surface area contributed by atoms with E-state index in [2.05, 4.69) is 20.7 Å². The number of tetrazole rings is 1. The summed E-state index contributed by atoms with van der Waals surface area (Å²) in [7, 11) is 1.60. The lowest BCUT2D eigenvalue weighted by molar-refractivity contribution is -0.122. The van der Waals surface area contributed by atoms with Crippen LogP contribution in [0.5, 0.6) is 5.75 Å². The minimum Gasteiger partial charge on any atom is -0.496 e. The number of hydrogen-bond acceptors (Lipinski definition) is 5. The van der Waals surface area contributed by atoms with E-state index in [1.165, 1.54) is 4.80 Å². The summed E-state index contributed by atoms with van der Waals surface area (Å²) in [6.07, 6.45) is 0. The van der Waals surface area contributed by atoms with E-state index < -0.39 is 0 Å². The van der Waals surface area contributed by atoms with E-state index in [1.54, 1.807) is 7.11 Å². The molecule has 0 aliphatic rings. The van der Waals surface area contributed by atoms with E-state index >= 15 is 0 Å². The highest BCUT2D eigenvalue weighted by molar-refractivity contribution is 5.75. The van der Waals surface area contributed by atoms with E-state index in [0.29, 0.717) is 12.4 Å². The third kappa shape index (κ3) is 3.75. The fourth-order valence-electron chi connectivity index (χ4n) is 2.24. The van der Waals surface area contributed by atoms with Crippen LogP contribution in [0.25, 0.3) is 11.4 Å². The Bertz CT molecular complexity index is 817. The van der Waals surface area contributed by atoms with Crippen LogP contribution in [-0.4, -0.2) is 33.2 Å². The van der Waals surface area contributed by atoms with Gasteiger partial charge in [0.1, 0.15) is 12.3 Å². The maximum atomic E-state index is 12.1. The van der Waals surface area contributed by atoms with E-state index in [1.807, 2.05) is 54.6 Å². The molecule has 0 saturated carbocycles. The Hall–Kier alpha value is -3.22. The van der Waals surface area contributed by atoms with Crippen LogP contribution in [0.15, 0.2) is 54.6 Å². The maximum Gasteiger partial charge on any atom is 0.243 e. The second-order valence-electron chi connectivity index (χ2n) is 5.10. The van der Waals surface area contributed by atoms with Gasteiger partial charge in [-0.05, 0) is 11.3 Å². The fourth-order valence-corrected chi connectivity index (χ4v) is 2.24. The van der Waals surface area contributed by atoms with Crippen molar-refractivity contribution in [1.29, 1.82) is 0 Å². The van der Waals surface area contributed by atoms with Gasteiger partial charge in [-0.1, -0.05) is 48.5 Å². The highest BCUT2D eigenvalue weighted by Crippen LogP contribution is 2.16. The fraction of sp³-hybridized carbons (Fsp3) is 0.176. The molecule has 0 aliphatic carbocycles. The van der Waals surface area contributed by atoms with E-state index in [9.17, 15) is 4.79 Å². The summed E-state index contributed by atoms with van der Waals surface area (Å²) in [4.78, 5) is 13.3. The normalized spacial score (nSPS) is 10.4. The number of nitrogens with zero attached hydrogens (tertiary/aromatic N) is 4. The summed E-state index contributed by atoms with van der Waals surface area (Å²) in [5.41, 5.74) is 1.77. The molecule has 1 heterocycles. The molecule has 0 saturated heterocycles. The standard InChI is InChI=1S/C17H17N5O2/c1-24-15-10-6-5-9-14(15)11-18-16(23)12-22-20-17(19-21-22)13-7-3-2-4-8-13/h2-10H,11-12H2,1H3,(H,18,23). The zero-order chi connectivity index (χ0) is 16.8. The first-order chi connectivity index (χ1) is 11.8. The van der Waals surface area contributed by atoms with Crippen molar-refractivity contribution in [3.05, 3.63) is 60.2 Å². The Balaban J connectivity index is 1.58. The van der Waals surface area contributed by atoms with E-state index in [0.717, 1.165) is 16.9 Å². The number of rotatable bonds is 6. The lowest BCUT2D eigenvalue weighted by Crippen LogP contribution is -2.28. The molecule has 0 fully saturated rings.